The van der Waals surface area contributed by atoms with Gasteiger partial charge in [0.2, 0.25) is 0 Å². The number of hydrogen-bond donors (Lipinski definition) is 1. The van der Waals surface area contributed by atoms with E-state index in [1.807, 2.05) is 0 Å². The molecule has 2 aliphatic rings. The molecule has 2 rings (SSSR count). The lowest BCUT2D eigenvalue weighted by Crippen LogP contribution is -2.63. The summed E-state index contributed by atoms with van der Waals surface area (Å²) in [6.45, 7) is 16.1. The van der Waals surface area contributed by atoms with Crippen LogP contribution in [0.25, 0.3) is 0 Å². The molecule has 1 unspecified atom stereocenters. The van der Waals surface area contributed by atoms with Crippen LogP contribution in [0.1, 0.15) is 98.3 Å². The minimum Gasteiger partial charge on any atom is -0.316 e. The van der Waals surface area contributed by atoms with Gasteiger partial charge in [-0.25, -0.2) is 0 Å². The molecule has 26 heavy (non-hydrogen) atoms. The Balaban J connectivity index is 1.52. The van der Waals surface area contributed by atoms with Gasteiger partial charge in [-0.3, -0.25) is 0 Å². The average Bonchev–Trinajstić information content (AvgIpc) is 2.57. The molecule has 2 fully saturated rings. The van der Waals surface area contributed by atoms with Crippen LogP contribution in [-0.4, -0.2) is 37.6 Å². The standard InChI is InChI=1S/C24H48N2/c1-5-8-10-12-14-25-17-21(4)23-15-24(16-23)19-26(20-24)18-22(7-3)13-11-9-6-2/h21-23,25H,5-20H2,1-4H3/t21-,22?/m0/s1. The lowest BCUT2D eigenvalue weighted by atomic mass is 9.55. The number of hydrogen-bond acceptors (Lipinski definition) is 2. The van der Waals surface area contributed by atoms with Crippen molar-refractivity contribution in [2.45, 2.75) is 98.3 Å². The van der Waals surface area contributed by atoms with Gasteiger partial charge in [0.1, 0.15) is 0 Å². The first kappa shape index (κ1) is 22.2. The molecule has 0 radical (unpaired) electrons. The Bertz CT molecular complexity index is 353. The highest BCUT2D eigenvalue weighted by Crippen LogP contribution is 2.54. The normalized spacial score (nSPS) is 22.2. The Morgan fingerprint density at radius 1 is 0.962 bits per heavy atom. The number of nitrogens with zero attached hydrogens (tertiary/aromatic N) is 1. The van der Waals surface area contributed by atoms with E-state index in [4.69, 9.17) is 0 Å². The van der Waals surface area contributed by atoms with Crippen LogP contribution in [0.3, 0.4) is 0 Å². The maximum Gasteiger partial charge on any atom is 0.00508 e. The summed E-state index contributed by atoms with van der Waals surface area (Å²) in [7, 11) is 0. The van der Waals surface area contributed by atoms with Crippen LogP contribution >= 0.6 is 0 Å². The molecule has 1 saturated heterocycles. The monoisotopic (exact) mass is 364 g/mol. The molecule has 0 amide bonds. The number of unbranched alkanes of at least 4 members (excludes halogenated alkanes) is 5. The quantitative estimate of drug-likeness (QED) is 0.353. The van der Waals surface area contributed by atoms with E-state index in [2.05, 4.69) is 37.9 Å². The fraction of sp³-hybridized carbons (Fsp3) is 1.00. The Morgan fingerprint density at radius 3 is 2.31 bits per heavy atom. The summed E-state index contributed by atoms with van der Waals surface area (Å²) in [5.74, 6) is 2.82. The van der Waals surface area contributed by atoms with Crippen molar-refractivity contribution in [1.82, 2.24) is 10.2 Å². The Kier molecular flexibility index (Phi) is 9.99. The molecule has 1 aliphatic heterocycles. The van der Waals surface area contributed by atoms with Gasteiger partial charge in [0.25, 0.3) is 0 Å². The van der Waals surface area contributed by atoms with E-state index in [1.165, 1.54) is 103 Å². The zero-order chi connectivity index (χ0) is 18.8. The van der Waals surface area contributed by atoms with Crippen molar-refractivity contribution in [2.75, 3.05) is 32.7 Å². The summed E-state index contributed by atoms with van der Waals surface area (Å²) in [6.07, 6.45) is 15.6. The topological polar surface area (TPSA) is 15.3 Å². The van der Waals surface area contributed by atoms with E-state index in [0.29, 0.717) is 0 Å². The molecular formula is C24H48N2. The van der Waals surface area contributed by atoms with Crippen LogP contribution in [0.5, 0.6) is 0 Å². The Hall–Kier alpha value is -0.0800. The van der Waals surface area contributed by atoms with Gasteiger partial charge in [0.05, 0.1) is 0 Å². The van der Waals surface area contributed by atoms with Crippen LogP contribution in [0.15, 0.2) is 0 Å². The van der Waals surface area contributed by atoms with Gasteiger partial charge in [-0.2, -0.15) is 0 Å². The molecule has 2 heteroatoms. The van der Waals surface area contributed by atoms with Crippen LogP contribution in [0, 0.1) is 23.2 Å². The minimum absolute atomic E-state index is 0.738. The molecule has 0 bridgehead atoms. The summed E-state index contributed by atoms with van der Waals surface area (Å²) < 4.78 is 0. The zero-order valence-corrected chi connectivity index (χ0v) is 18.5. The smallest absolute Gasteiger partial charge is 0.00508 e. The van der Waals surface area contributed by atoms with Gasteiger partial charge in [-0.05, 0) is 61.9 Å². The molecule has 1 heterocycles. The largest absolute Gasteiger partial charge is 0.316 e. The highest BCUT2D eigenvalue weighted by atomic mass is 15.2. The van der Waals surface area contributed by atoms with Crippen molar-refractivity contribution in [3.8, 4) is 0 Å². The van der Waals surface area contributed by atoms with Gasteiger partial charge in [0, 0.05) is 19.6 Å². The first-order valence-corrected chi connectivity index (χ1v) is 12.1. The van der Waals surface area contributed by atoms with Crippen molar-refractivity contribution in [3.63, 3.8) is 0 Å². The number of likely N-dealkylation sites (tertiary alicyclic amines) is 1. The highest BCUT2D eigenvalue weighted by Gasteiger charge is 2.52. The SMILES string of the molecule is CCCCCCNC[C@H](C)C1CC2(C1)CN(CC(CC)CCCCC)C2. The summed E-state index contributed by atoms with van der Waals surface area (Å²) in [5.41, 5.74) is 0.738. The third kappa shape index (κ3) is 6.82. The first-order chi connectivity index (χ1) is 12.6. The van der Waals surface area contributed by atoms with Gasteiger partial charge >= 0.3 is 0 Å². The van der Waals surface area contributed by atoms with Crippen LogP contribution in [0.2, 0.25) is 0 Å². The van der Waals surface area contributed by atoms with Crippen molar-refractivity contribution in [2.24, 2.45) is 23.2 Å². The van der Waals surface area contributed by atoms with E-state index in [9.17, 15) is 0 Å². The first-order valence-electron chi connectivity index (χ1n) is 12.1. The Labute approximate surface area is 164 Å². The maximum atomic E-state index is 3.71. The van der Waals surface area contributed by atoms with E-state index in [1.54, 1.807) is 0 Å². The number of rotatable bonds is 15. The minimum atomic E-state index is 0.738. The van der Waals surface area contributed by atoms with Gasteiger partial charge in [-0.15, -0.1) is 0 Å². The van der Waals surface area contributed by atoms with Crippen LogP contribution < -0.4 is 5.32 Å². The van der Waals surface area contributed by atoms with Crippen molar-refractivity contribution >= 4 is 0 Å². The van der Waals surface area contributed by atoms with Crippen LogP contribution in [-0.2, 0) is 0 Å². The second-order valence-corrected chi connectivity index (χ2v) is 9.85. The van der Waals surface area contributed by atoms with E-state index >= 15 is 0 Å². The lowest BCUT2D eigenvalue weighted by molar-refractivity contribution is -0.112. The van der Waals surface area contributed by atoms with Crippen LogP contribution in [0.4, 0.5) is 0 Å². The highest BCUT2D eigenvalue weighted by molar-refractivity contribution is 5.05. The summed E-state index contributed by atoms with van der Waals surface area (Å²) in [5, 5.41) is 3.71. The molecule has 154 valence electrons. The molecular weight excluding hydrogens is 316 g/mol. The summed E-state index contributed by atoms with van der Waals surface area (Å²) >= 11 is 0. The second-order valence-electron chi connectivity index (χ2n) is 9.85. The molecule has 1 aliphatic carbocycles. The molecule has 2 nitrogen and oxygen atoms in total. The predicted molar refractivity (Wildman–Crippen MR) is 116 cm³/mol. The Morgan fingerprint density at radius 2 is 1.65 bits per heavy atom. The molecule has 0 aromatic rings. The van der Waals surface area contributed by atoms with Crippen molar-refractivity contribution in [1.29, 1.82) is 0 Å². The summed E-state index contributed by atoms with van der Waals surface area (Å²) in [4.78, 5) is 2.77. The average molecular weight is 365 g/mol. The number of nitrogens with one attached hydrogen (secondary N) is 1. The van der Waals surface area contributed by atoms with Gasteiger partial charge in [0.15, 0.2) is 0 Å². The maximum absolute atomic E-state index is 3.71. The van der Waals surface area contributed by atoms with Crippen molar-refractivity contribution in [3.05, 3.63) is 0 Å². The zero-order valence-electron chi connectivity index (χ0n) is 18.5. The molecule has 0 aromatic heterocycles. The van der Waals surface area contributed by atoms with E-state index in [0.717, 1.165) is 23.2 Å². The lowest BCUT2D eigenvalue weighted by Gasteiger charge is -2.61. The molecule has 1 N–H and O–H groups in total. The summed E-state index contributed by atoms with van der Waals surface area (Å²) in [6, 6.07) is 0. The fourth-order valence-electron chi connectivity index (χ4n) is 5.39. The van der Waals surface area contributed by atoms with Gasteiger partial charge in [-0.1, -0.05) is 72.6 Å². The fourth-order valence-corrected chi connectivity index (χ4v) is 5.39. The van der Waals surface area contributed by atoms with Crippen molar-refractivity contribution < 1.29 is 0 Å². The second kappa shape index (κ2) is 11.7. The van der Waals surface area contributed by atoms with Gasteiger partial charge < -0.3 is 10.2 Å². The third-order valence-corrected chi connectivity index (χ3v) is 7.30. The molecule has 1 spiro atoms. The predicted octanol–water partition coefficient (Wildman–Crippen LogP) is 6.11. The molecule has 0 aromatic carbocycles. The molecule has 2 atom stereocenters. The van der Waals surface area contributed by atoms with E-state index in [-0.39, 0.29) is 0 Å². The van der Waals surface area contributed by atoms with E-state index < -0.39 is 0 Å². The molecule has 1 saturated carbocycles. The third-order valence-electron chi connectivity index (χ3n) is 7.30.